The van der Waals surface area contributed by atoms with Gasteiger partial charge in [-0.05, 0) is 40.9 Å². The second-order valence-electron chi connectivity index (χ2n) is 5.48. The fraction of sp³-hybridized carbons (Fsp3) is 0.500. The Kier molecular flexibility index (Phi) is 7.10. The molecular formula is C14H20BrCl2N3O. The van der Waals surface area contributed by atoms with Crippen molar-refractivity contribution in [1.29, 1.82) is 0 Å². The maximum Gasteiger partial charge on any atom is 0.144 e. The highest BCUT2D eigenvalue weighted by Gasteiger charge is 2.22. The molecule has 0 spiro atoms. The molecule has 0 radical (unpaired) electrons. The van der Waals surface area contributed by atoms with Crippen LogP contribution < -0.4 is 11.1 Å². The summed E-state index contributed by atoms with van der Waals surface area (Å²) >= 11 is 15.6. The predicted octanol–water partition coefficient (Wildman–Crippen LogP) is 5.11. The maximum atomic E-state index is 8.72. The Labute approximate surface area is 143 Å². The van der Waals surface area contributed by atoms with Gasteiger partial charge in [0.1, 0.15) is 5.84 Å². The zero-order valence-electron chi connectivity index (χ0n) is 12.1. The van der Waals surface area contributed by atoms with Gasteiger partial charge in [0.25, 0.3) is 0 Å². The van der Waals surface area contributed by atoms with E-state index in [1.54, 1.807) is 0 Å². The van der Waals surface area contributed by atoms with Crippen LogP contribution in [0.15, 0.2) is 21.8 Å². The number of unbranched alkanes of at least 4 members (excludes halogenated alkanes) is 1. The molecule has 1 aromatic carbocycles. The van der Waals surface area contributed by atoms with E-state index in [1.165, 1.54) is 0 Å². The molecule has 0 aliphatic carbocycles. The smallest absolute Gasteiger partial charge is 0.144 e. The summed E-state index contributed by atoms with van der Waals surface area (Å²) in [6.45, 7) is 4.70. The molecule has 0 bridgehead atoms. The Balaban J connectivity index is 2.41. The largest absolute Gasteiger partial charge is 0.409 e. The van der Waals surface area contributed by atoms with E-state index in [4.69, 9.17) is 34.1 Å². The lowest BCUT2D eigenvalue weighted by atomic mass is 9.86. The van der Waals surface area contributed by atoms with Gasteiger partial charge in [-0.3, -0.25) is 0 Å². The Morgan fingerprint density at radius 2 is 2.00 bits per heavy atom. The van der Waals surface area contributed by atoms with Crippen LogP contribution in [0.3, 0.4) is 0 Å². The zero-order chi connectivity index (χ0) is 16.0. The van der Waals surface area contributed by atoms with Gasteiger partial charge in [-0.25, -0.2) is 0 Å². The first-order chi connectivity index (χ1) is 9.79. The van der Waals surface area contributed by atoms with Crippen LogP contribution in [0, 0.1) is 5.41 Å². The highest BCUT2D eigenvalue weighted by atomic mass is 79.9. The third-order valence-electron chi connectivity index (χ3n) is 3.38. The average molecular weight is 397 g/mol. The number of amidine groups is 1. The minimum Gasteiger partial charge on any atom is -0.409 e. The van der Waals surface area contributed by atoms with Crippen molar-refractivity contribution >= 4 is 50.7 Å². The number of nitrogens with zero attached hydrogens (tertiary/aromatic N) is 1. The van der Waals surface area contributed by atoms with Gasteiger partial charge in [-0.1, -0.05) is 48.6 Å². The first-order valence-electron chi connectivity index (χ1n) is 6.65. The summed E-state index contributed by atoms with van der Waals surface area (Å²) in [7, 11) is 0. The van der Waals surface area contributed by atoms with E-state index in [2.05, 4.69) is 26.4 Å². The van der Waals surface area contributed by atoms with E-state index in [0.29, 0.717) is 10.0 Å². The van der Waals surface area contributed by atoms with Crippen molar-refractivity contribution in [3.8, 4) is 0 Å². The molecular weight excluding hydrogens is 377 g/mol. The van der Waals surface area contributed by atoms with Crippen molar-refractivity contribution in [1.82, 2.24) is 0 Å². The summed E-state index contributed by atoms with van der Waals surface area (Å²) < 4.78 is 0.778. The quantitative estimate of drug-likeness (QED) is 0.150. The number of halogens is 3. The van der Waals surface area contributed by atoms with Crippen molar-refractivity contribution in [2.45, 2.75) is 33.1 Å². The number of benzene rings is 1. The number of nitrogens with one attached hydrogen (secondary N) is 1. The van der Waals surface area contributed by atoms with E-state index in [1.807, 2.05) is 26.0 Å². The van der Waals surface area contributed by atoms with Crippen LogP contribution in [0.4, 0.5) is 5.69 Å². The minimum absolute atomic E-state index is 0.262. The SMILES string of the molecule is CC(C)(CCCCNc1ccc(Br)c(Cl)c1Cl)/C(N)=N/O. The fourth-order valence-corrected chi connectivity index (χ4v) is 2.68. The van der Waals surface area contributed by atoms with Crippen molar-refractivity contribution in [3.63, 3.8) is 0 Å². The number of nitrogens with two attached hydrogens (primary N) is 1. The number of rotatable bonds is 7. The lowest BCUT2D eigenvalue weighted by Crippen LogP contribution is -2.31. The molecule has 0 saturated carbocycles. The van der Waals surface area contributed by atoms with Gasteiger partial charge in [-0.2, -0.15) is 0 Å². The van der Waals surface area contributed by atoms with Gasteiger partial charge >= 0.3 is 0 Å². The molecule has 0 aliphatic heterocycles. The Morgan fingerprint density at radius 3 is 2.62 bits per heavy atom. The molecule has 118 valence electrons. The lowest BCUT2D eigenvalue weighted by molar-refractivity contribution is 0.304. The fourth-order valence-electron chi connectivity index (χ4n) is 1.84. The monoisotopic (exact) mass is 395 g/mol. The lowest BCUT2D eigenvalue weighted by Gasteiger charge is -2.22. The highest BCUT2D eigenvalue weighted by Crippen LogP contribution is 2.35. The molecule has 7 heteroatoms. The first kappa shape index (κ1) is 18.4. The Hall–Kier alpha value is -0.650. The third kappa shape index (κ3) is 5.24. The van der Waals surface area contributed by atoms with Gasteiger partial charge in [0.05, 0.1) is 15.7 Å². The van der Waals surface area contributed by atoms with Gasteiger partial charge < -0.3 is 16.3 Å². The van der Waals surface area contributed by atoms with Crippen LogP contribution >= 0.6 is 39.1 Å². The second kappa shape index (κ2) is 8.11. The number of hydrogen-bond acceptors (Lipinski definition) is 3. The second-order valence-corrected chi connectivity index (χ2v) is 7.09. The van der Waals surface area contributed by atoms with E-state index in [0.717, 1.165) is 36.0 Å². The van der Waals surface area contributed by atoms with Gasteiger partial charge in [0.15, 0.2) is 0 Å². The van der Waals surface area contributed by atoms with E-state index in [9.17, 15) is 0 Å². The standard InChI is InChI=1S/C14H20BrCl2N3O/c1-14(2,13(18)20-21)7-3-4-8-19-10-6-5-9(15)11(16)12(10)17/h5-6,19,21H,3-4,7-8H2,1-2H3,(H2,18,20). The van der Waals surface area contributed by atoms with Crippen molar-refractivity contribution < 1.29 is 5.21 Å². The predicted molar refractivity (Wildman–Crippen MR) is 93.7 cm³/mol. The molecule has 0 aliphatic rings. The summed E-state index contributed by atoms with van der Waals surface area (Å²) in [5.41, 5.74) is 6.18. The molecule has 0 atom stereocenters. The first-order valence-corrected chi connectivity index (χ1v) is 8.20. The molecule has 4 nitrogen and oxygen atoms in total. The van der Waals surface area contributed by atoms with E-state index >= 15 is 0 Å². The molecule has 0 amide bonds. The Morgan fingerprint density at radius 1 is 1.33 bits per heavy atom. The van der Waals surface area contributed by atoms with Gasteiger partial charge in [0.2, 0.25) is 0 Å². The Bertz CT molecular complexity index is 521. The van der Waals surface area contributed by atoms with E-state index in [-0.39, 0.29) is 11.3 Å². The molecule has 0 unspecified atom stereocenters. The number of oxime groups is 1. The summed E-state index contributed by atoms with van der Waals surface area (Å²) in [6.07, 6.45) is 2.75. The highest BCUT2D eigenvalue weighted by molar-refractivity contribution is 9.10. The number of anilines is 1. The zero-order valence-corrected chi connectivity index (χ0v) is 15.2. The van der Waals surface area contributed by atoms with Crippen molar-refractivity contribution in [2.24, 2.45) is 16.3 Å². The molecule has 1 rings (SSSR count). The molecule has 0 heterocycles. The summed E-state index contributed by atoms with van der Waals surface area (Å²) in [5, 5.41) is 16.1. The van der Waals surface area contributed by atoms with Crippen LogP contribution in [0.5, 0.6) is 0 Å². The molecule has 0 fully saturated rings. The molecule has 21 heavy (non-hydrogen) atoms. The summed E-state index contributed by atoms with van der Waals surface area (Å²) in [6, 6.07) is 3.75. The molecule has 0 aromatic heterocycles. The third-order valence-corrected chi connectivity index (χ3v) is 5.15. The minimum atomic E-state index is -0.298. The van der Waals surface area contributed by atoms with Crippen LogP contribution in [0.2, 0.25) is 10.0 Å². The molecule has 4 N–H and O–H groups in total. The van der Waals surface area contributed by atoms with Gasteiger partial charge in [0, 0.05) is 16.4 Å². The van der Waals surface area contributed by atoms with E-state index < -0.39 is 0 Å². The topological polar surface area (TPSA) is 70.6 Å². The summed E-state index contributed by atoms with van der Waals surface area (Å²) in [5.74, 6) is 0.262. The van der Waals surface area contributed by atoms with Crippen molar-refractivity contribution in [3.05, 3.63) is 26.7 Å². The maximum absolute atomic E-state index is 8.72. The summed E-state index contributed by atoms with van der Waals surface area (Å²) in [4.78, 5) is 0. The van der Waals surface area contributed by atoms with Crippen LogP contribution in [-0.2, 0) is 0 Å². The molecule has 0 saturated heterocycles. The van der Waals surface area contributed by atoms with Crippen LogP contribution in [-0.4, -0.2) is 17.6 Å². The van der Waals surface area contributed by atoms with Gasteiger partial charge in [-0.15, -0.1) is 0 Å². The number of hydrogen-bond donors (Lipinski definition) is 3. The molecule has 1 aromatic rings. The normalized spacial score (nSPS) is 12.5. The van der Waals surface area contributed by atoms with Crippen LogP contribution in [0.1, 0.15) is 33.1 Å². The average Bonchev–Trinajstić information content (AvgIpc) is 2.45. The van der Waals surface area contributed by atoms with Crippen molar-refractivity contribution in [2.75, 3.05) is 11.9 Å². The van der Waals surface area contributed by atoms with Crippen LogP contribution in [0.25, 0.3) is 0 Å².